The molecule has 0 amide bonds. The second kappa shape index (κ2) is 9.34. The van der Waals surface area contributed by atoms with E-state index >= 15 is 0 Å². The molecule has 0 fully saturated rings. The van der Waals surface area contributed by atoms with Crippen LogP contribution in [0.4, 0.5) is 0 Å². The Kier molecular flexibility index (Phi) is 7.16. The minimum Gasteiger partial charge on any atom is -0.497 e. The molecule has 0 heterocycles. The first kappa shape index (κ1) is 19.9. The SMILES string of the molecule is COc1ccc(OC)c(C(C)NCc2ccc(OC(C)C)c(OC)c2)c1. The van der Waals surface area contributed by atoms with E-state index < -0.39 is 0 Å². The summed E-state index contributed by atoms with van der Waals surface area (Å²) in [4.78, 5) is 0. The molecule has 26 heavy (non-hydrogen) atoms. The summed E-state index contributed by atoms with van der Waals surface area (Å²) in [6, 6.07) is 11.9. The van der Waals surface area contributed by atoms with Crippen molar-refractivity contribution in [3.05, 3.63) is 47.5 Å². The Morgan fingerprint density at radius 3 is 2.12 bits per heavy atom. The molecule has 0 aliphatic rings. The molecule has 2 rings (SSSR count). The molecule has 0 bridgehead atoms. The molecule has 0 saturated heterocycles. The third kappa shape index (κ3) is 5.05. The highest BCUT2D eigenvalue weighted by Crippen LogP contribution is 2.31. The van der Waals surface area contributed by atoms with Gasteiger partial charge < -0.3 is 24.3 Å². The van der Waals surface area contributed by atoms with Crippen molar-refractivity contribution in [2.24, 2.45) is 0 Å². The van der Waals surface area contributed by atoms with Gasteiger partial charge in [-0.2, -0.15) is 0 Å². The van der Waals surface area contributed by atoms with E-state index in [1.165, 1.54) is 0 Å². The second-order valence-corrected chi connectivity index (χ2v) is 6.36. The van der Waals surface area contributed by atoms with Gasteiger partial charge in [0.25, 0.3) is 0 Å². The van der Waals surface area contributed by atoms with Crippen molar-refractivity contribution >= 4 is 0 Å². The van der Waals surface area contributed by atoms with Crippen molar-refractivity contribution in [1.82, 2.24) is 5.32 Å². The summed E-state index contributed by atoms with van der Waals surface area (Å²) >= 11 is 0. The predicted molar refractivity (Wildman–Crippen MR) is 104 cm³/mol. The zero-order valence-corrected chi connectivity index (χ0v) is 16.5. The van der Waals surface area contributed by atoms with E-state index in [0.717, 1.165) is 34.1 Å². The fourth-order valence-electron chi connectivity index (χ4n) is 2.73. The van der Waals surface area contributed by atoms with Crippen molar-refractivity contribution in [3.63, 3.8) is 0 Å². The number of hydrogen-bond acceptors (Lipinski definition) is 5. The Morgan fingerprint density at radius 1 is 0.808 bits per heavy atom. The standard InChI is InChI=1S/C21H29NO4/c1-14(2)26-20-9-7-16(11-21(20)25-6)13-22-15(3)18-12-17(23-4)8-10-19(18)24-5/h7-12,14-15,22H,13H2,1-6H3. The van der Waals surface area contributed by atoms with Crippen LogP contribution >= 0.6 is 0 Å². The maximum atomic E-state index is 5.77. The van der Waals surface area contributed by atoms with Crippen LogP contribution < -0.4 is 24.3 Å². The molecule has 0 radical (unpaired) electrons. The van der Waals surface area contributed by atoms with Gasteiger partial charge in [0.15, 0.2) is 11.5 Å². The highest BCUT2D eigenvalue weighted by atomic mass is 16.5. The van der Waals surface area contributed by atoms with E-state index in [0.29, 0.717) is 6.54 Å². The van der Waals surface area contributed by atoms with Crippen LogP contribution in [-0.2, 0) is 6.54 Å². The third-order valence-corrected chi connectivity index (χ3v) is 4.11. The van der Waals surface area contributed by atoms with Gasteiger partial charge in [0, 0.05) is 18.2 Å². The van der Waals surface area contributed by atoms with Crippen molar-refractivity contribution < 1.29 is 18.9 Å². The molecule has 0 aliphatic carbocycles. The summed E-state index contributed by atoms with van der Waals surface area (Å²) in [6.45, 7) is 6.79. The molecule has 1 unspecified atom stereocenters. The second-order valence-electron chi connectivity index (χ2n) is 6.36. The van der Waals surface area contributed by atoms with Crippen molar-refractivity contribution in [3.8, 4) is 23.0 Å². The van der Waals surface area contributed by atoms with Crippen LogP contribution in [-0.4, -0.2) is 27.4 Å². The van der Waals surface area contributed by atoms with E-state index in [2.05, 4.69) is 12.2 Å². The summed E-state index contributed by atoms with van der Waals surface area (Å²) in [5, 5.41) is 3.52. The number of hydrogen-bond donors (Lipinski definition) is 1. The first-order chi connectivity index (χ1) is 12.5. The molecule has 0 spiro atoms. The molecular weight excluding hydrogens is 330 g/mol. The van der Waals surface area contributed by atoms with Crippen LogP contribution in [0.2, 0.25) is 0 Å². The van der Waals surface area contributed by atoms with Gasteiger partial charge in [-0.1, -0.05) is 6.07 Å². The highest BCUT2D eigenvalue weighted by Gasteiger charge is 2.13. The van der Waals surface area contributed by atoms with E-state index in [1.54, 1.807) is 21.3 Å². The van der Waals surface area contributed by atoms with Crippen LogP contribution in [0.3, 0.4) is 0 Å². The van der Waals surface area contributed by atoms with Crippen molar-refractivity contribution in [1.29, 1.82) is 0 Å². The number of methoxy groups -OCH3 is 3. The largest absolute Gasteiger partial charge is 0.497 e. The first-order valence-corrected chi connectivity index (χ1v) is 8.77. The van der Waals surface area contributed by atoms with Gasteiger partial charge in [0.2, 0.25) is 0 Å². The van der Waals surface area contributed by atoms with Crippen LogP contribution in [0.1, 0.15) is 37.9 Å². The lowest BCUT2D eigenvalue weighted by Gasteiger charge is -2.19. The summed E-state index contributed by atoms with van der Waals surface area (Å²) in [5.74, 6) is 3.15. The third-order valence-electron chi connectivity index (χ3n) is 4.11. The smallest absolute Gasteiger partial charge is 0.161 e. The fourth-order valence-corrected chi connectivity index (χ4v) is 2.73. The molecular formula is C21H29NO4. The Morgan fingerprint density at radius 2 is 1.50 bits per heavy atom. The molecule has 0 saturated carbocycles. The summed E-state index contributed by atoms with van der Waals surface area (Å²) < 4.78 is 22.0. The molecule has 2 aromatic rings. The highest BCUT2D eigenvalue weighted by molar-refractivity contribution is 5.44. The summed E-state index contributed by atoms with van der Waals surface area (Å²) in [7, 11) is 5.00. The van der Waals surface area contributed by atoms with Crippen molar-refractivity contribution in [2.45, 2.75) is 39.5 Å². The Balaban J connectivity index is 2.11. The maximum absolute atomic E-state index is 5.77. The van der Waals surface area contributed by atoms with Gasteiger partial charge >= 0.3 is 0 Å². The van der Waals surface area contributed by atoms with Gasteiger partial charge in [-0.25, -0.2) is 0 Å². The first-order valence-electron chi connectivity index (χ1n) is 8.77. The number of nitrogens with one attached hydrogen (secondary N) is 1. The lowest BCUT2D eigenvalue weighted by atomic mass is 10.1. The van der Waals surface area contributed by atoms with E-state index in [-0.39, 0.29) is 12.1 Å². The lowest BCUT2D eigenvalue weighted by Crippen LogP contribution is -2.19. The minimum absolute atomic E-state index is 0.0950. The molecule has 1 atom stereocenters. The average Bonchev–Trinajstić information content (AvgIpc) is 2.65. The zero-order chi connectivity index (χ0) is 19.1. The van der Waals surface area contributed by atoms with E-state index in [9.17, 15) is 0 Å². The van der Waals surface area contributed by atoms with Gasteiger partial charge in [-0.05, 0) is 56.7 Å². The molecule has 0 aliphatic heterocycles. The van der Waals surface area contributed by atoms with Gasteiger partial charge in [0.1, 0.15) is 11.5 Å². The molecule has 0 aromatic heterocycles. The number of ether oxygens (including phenoxy) is 4. The molecule has 2 aromatic carbocycles. The van der Waals surface area contributed by atoms with Crippen LogP contribution in [0, 0.1) is 0 Å². The molecule has 5 nitrogen and oxygen atoms in total. The minimum atomic E-state index is 0.0950. The molecule has 142 valence electrons. The number of rotatable bonds is 9. The van der Waals surface area contributed by atoms with Crippen LogP contribution in [0.15, 0.2) is 36.4 Å². The predicted octanol–water partition coefficient (Wildman–Crippen LogP) is 4.35. The summed E-state index contributed by atoms with van der Waals surface area (Å²) in [5.41, 5.74) is 2.17. The van der Waals surface area contributed by atoms with Gasteiger partial charge in [-0.3, -0.25) is 0 Å². The molecule has 1 N–H and O–H groups in total. The fraction of sp³-hybridized carbons (Fsp3) is 0.429. The monoisotopic (exact) mass is 359 g/mol. The summed E-state index contributed by atoms with van der Waals surface area (Å²) in [6.07, 6.45) is 0.105. The quantitative estimate of drug-likeness (QED) is 0.721. The normalized spacial score (nSPS) is 12.0. The molecule has 5 heteroatoms. The Hall–Kier alpha value is -2.40. The van der Waals surface area contributed by atoms with E-state index in [1.807, 2.05) is 50.2 Å². The van der Waals surface area contributed by atoms with Gasteiger partial charge in [0.05, 0.1) is 27.4 Å². The lowest BCUT2D eigenvalue weighted by molar-refractivity contribution is 0.230. The zero-order valence-electron chi connectivity index (χ0n) is 16.5. The van der Waals surface area contributed by atoms with E-state index in [4.69, 9.17) is 18.9 Å². The average molecular weight is 359 g/mol. The van der Waals surface area contributed by atoms with Gasteiger partial charge in [-0.15, -0.1) is 0 Å². The number of benzene rings is 2. The van der Waals surface area contributed by atoms with Crippen molar-refractivity contribution in [2.75, 3.05) is 21.3 Å². The maximum Gasteiger partial charge on any atom is 0.161 e. The van der Waals surface area contributed by atoms with Crippen LogP contribution in [0.25, 0.3) is 0 Å². The van der Waals surface area contributed by atoms with Crippen LogP contribution in [0.5, 0.6) is 23.0 Å². The topological polar surface area (TPSA) is 49.0 Å². The Labute approximate surface area is 156 Å². The Bertz CT molecular complexity index is 715.